The number of nitrogens with one attached hydrogen (secondary N) is 1. The van der Waals surface area contributed by atoms with Crippen LogP contribution in [-0.4, -0.2) is 29.0 Å². The topological polar surface area (TPSA) is 58.1 Å². The Morgan fingerprint density at radius 3 is 2.48 bits per heavy atom. The average Bonchev–Trinajstić information content (AvgIpc) is 2.82. The lowest BCUT2D eigenvalue weighted by atomic mass is 10.1. The number of hydrogen-bond acceptors (Lipinski definition) is 5. The van der Waals surface area contributed by atoms with Gasteiger partial charge in [0.15, 0.2) is 5.16 Å². The summed E-state index contributed by atoms with van der Waals surface area (Å²) in [4.78, 5) is 23.4. The van der Waals surface area contributed by atoms with Gasteiger partial charge in [-0.3, -0.25) is 4.79 Å². The van der Waals surface area contributed by atoms with Crippen LogP contribution in [0.5, 0.6) is 0 Å². The summed E-state index contributed by atoms with van der Waals surface area (Å²) in [6.07, 6.45) is 3.58. The van der Waals surface area contributed by atoms with Crippen LogP contribution in [0.1, 0.15) is 21.5 Å². The van der Waals surface area contributed by atoms with Crippen LogP contribution in [0.15, 0.2) is 85.1 Å². The molecule has 1 amide bonds. The van der Waals surface area contributed by atoms with Crippen molar-refractivity contribution in [2.45, 2.75) is 17.5 Å². The molecule has 0 atom stereocenters. The second-order valence-corrected chi connectivity index (χ2v) is 8.44. The summed E-state index contributed by atoms with van der Waals surface area (Å²) in [5.74, 6) is 0.769. The molecule has 3 rings (SSSR count). The van der Waals surface area contributed by atoms with Crippen molar-refractivity contribution < 1.29 is 9.18 Å². The van der Waals surface area contributed by atoms with Crippen molar-refractivity contribution in [2.24, 2.45) is 0 Å². The van der Waals surface area contributed by atoms with E-state index in [1.165, 1.54) is 23.9 Å². The van der Waals surface area contributed by atoms with Crippen molar-refractivity contribution in [3.63, 3.8) is 0 Å². The zero-order valence-electron chi connectivity index (χ0n) is 18.0. The van der Waals surface area contributed by atoms with E-state index in [1.54, 1.807) is 36.4 Å². The van der Waals surface area contributed by atoms with Gasteiger partial charge in [-0.1, -0.05) is 59.8 Å². The summed E-state index contributed by atoms with van der Waals surface area (Å²) in [5, 5.41) is 3.75. The molecule has 0 saturated carbocycles. The number of amides is 1. The fourth-order valence-electron chi connectivity index (χ4n) is 3.02. The number of benzene rings is 2. The fourth-order valence-corrected chi connectivity index (χ4v) is 4.05. The van der Waals surface area contributed by atoms with Crippen LogP contribution in [0.4, 0.5) is 10.2 Å². The largest absolute Gasteiger partial charge is 0.349 e. The van der Waals surface area contributed by atoms with Gasteiger partial charge in [0.05, 0.1) is 0 Å². The minimum Gasteiger partial charge on any atom is -0.349 e. The highest BCUT2D eigenvalue weighted by atomic mass is 35.5. The van der Waals surface area contributed by atoms with Crippen LogP contribution < -0.4 is 10.2 Å². The molecule has 0 aliphatic rings. The zero-order chi connectivity index (χ0) is 23.6. The Morgan fingerprint density at radius 1 is 1.06 bits per heavy atom. The van der Waals surface area contributed by atoms with Crippen molar-refractivity contribution in [2.75, 3.05) is 18.0 Å². The highest BCUT2D eigenvalue weighted by Crippen LogP contribution is 2.25. The van der Waals surface area contributed by atoms with E-state index in [9.17, 15) is 9.18 Å². The first-order valence-corrected chi connectivity index (χ1v) is 11.6. The smallest absolute Gasteiger partial charge is 0.251 e. The molecule has 0 fully saturated rings. The zero-order valence-corrected chi connectivity index (χ0v) is 19.6. The maximum atomic E-state index is 13.0. The van der Waals surface area contributed by atoms with Gasteiger partial charge >= 0.3 is 0 Å². The van der Waals surface area contributed by atoms with Crippen molar-refractivity contribution in [3.8, 4) is 0 Å². The minimum atomic E-state index is -0.305. The molecule has 1 heterocycles. The lowest BCUT2D eigenvalue weighted by Crippen LogP contribution is -2.24. The Kier molecular flexibility index (Phi) is 9.04. The first-order valence-electron chi connectivity index (χ1n) is 10.2. The predicted octanol–water partition coefficient (Wildman–Crippen LogP) is 5.67. The van der Waals surface area contributed by atoms with Crippen LogP contribution in [0, 0.1) is 5.82 Å². The number of halogens is 2. The lowest BCUT2D eigenvalue weighted by molar-refractivity contribution is 0.0951. The van der Waals surface area contributed by atoms with Gasteiger partial charge in [0.1, 0.15) is 16.8 Å². The Labute approximate surface area is 202 Å². The molecule has 0 unspecified atom stereocenters. The lowest BCUT2D eigenvalue weighted by Gasteiger charge is -2.20. The van der Waals surface area contributed by atoms with Crippen LogP contribution in [0.2, 0.25) is 5.15 Å². The quantitative estimate of drug-likeness (QED) is 0.165. The molecular weight excluding hydrogens is 459 g/mol. The Balaban J connectivity index is 1.64. The highest BCUT2D eigenvalue weighted by molar-refractivity contribution is 7.98. The summed E-state index contributed by atoms with van der Waals surface area (Å²) in [6.45, 7) is 9.10. The molecule has 0 bridgehead atoms. The van der Waals surface area contributed by atoms with Gasteiger partial charge in [0.25, 0.3) is 5.91 Å². The van der Waals surface area contributed by atoms with Crippen LogP contribution >= 0.6 is 23.4 Å². The Bertz CT molecular complexity index is 1110. The second kappa shape index (κ2) is 12.2. The number of carbonyl (C=O) groups excluding carboxylic acids is 1. The number of thioether (sulfide) groups is 1. The monoisotopic (exact) mass is 482 g/mol. The molecule has 170 valence electrons. The van der Waals surface area contributed by atoms with Crippen molar-refractivity contribution >= 4 is 35.1 Å². The van der Waals surface area contributed by atoms with Crippen molar-refractivity contribution in [1.82, 2.24) is 15.3 Å². The Hall–Kier alpha value is -3.16. The summed E-state index contributed by atoms with van der Waals surface area (Å²) >= 11 is 7.66. The maximum Gasteiger partial charge on any atom is 0.251 e. The van der Waals surface area contributed by atoms with Gasteiger partial charge in [0.2, 0.25) is 0 Å². The molecule has 0 aliphatic carbocycles. The number of hydrogen-bond donors (Lipinski definition) is 1. The third kappa shape index (κ3) is 7.44. The average molecular weight is 483 g/mol. The molecular formula is C25H24ClFN4OS. The van der Waals surface area contributed by atoms with Gasteiger partial charge in [-0.15, -0.1) is 13.2 Å². The van der Waals surface area contributed by atoms with E-state index in [0.717, 1.165) is 11.1 Å². The van der Waals surface area contributed by atoms with Crippen LogP contribution in [0.25, 0.3) is 0 Å². The van der Waals surface area contributed by atoms with E-state index in [0.29, 0.717) is 47.1 Å². The first-order chi connectivity index (χ1) is 16.0. The molecule has 1 aromatic heterocycles. The number of rotatable bonds is 11. The van der Waals surface area contributed by atoms with E-state index in [1.807, 2.05) is 23.1 Å². The summed E-state index contributed by atoms with van der Waals surface area (Å²) in [7, 11) is 0. The molecule has 3 aromatic rings. The number of nitrogens with zero attached hydrogens (tertiary/aromatic N) is 3. The van der Waals surface area contributed by atoms with Crippen LogP contribution in [-0.2, 0) is 12.3 Å². The molecule has 8 heteroatoms. The molecule has 1 N–H and O–H groups in total. The van der Waals surface area contributed by atoms with Gasteiger partial charge in [0, 0.05) is 37.0 Å². The standard InChI is InChI=1S/C25H24ClFN4OS/c1-3-12-31(13-4-2)23-15-22(26)29-25(30-23)33-17-19-6-5-7-20(14-19)24(32)28-16-18-8-10-21(27)11-9-18/h3-11,14-15H,1-2,12-13,16-17H2,(H,28,32). The molecule has 2 aromatic carbocycles. The summed E-state index contributed by atoms with van der Waals surface area (Å²) in [5.41, 5.74) is 2.33. The molecule has 33 heavy (non-hydrogen) atoms. The van der Waals surface area contributed by atoms with Crippen molar-refractivity contribution in [1.29, 1.82) is 0 Å². The minimum absolute atomic E-state index is 0.197. The normalized spacial score (nSPS) is 10.5. The van der Waals surface area contributed by atoms with E-state index >= 15 is 0 Å². The highest BCUT2D eigenvalue weighted by Gasteiger charge is 2.11. The van der Waals surface area contributed by atoms with Gasteiger partial charge < -0.3 is 10.2 Å². The molecule has 0 spiro atoms. The maximum absolute atomic E-state index is 13.0. The third-order valence-electron chi connectivity index (χ3n) is 4.61. The van der Waals surface area contributed by atoms with E-state index in [4.69, 9.17) is 11.6 Å². The fraction of sp³-hybridized carbons (Fsp3) is 0.160. The molecule has 0 saturated heterocycles. The predicted molar refractivity (Wildman–Crippen MR) is 133 cm³/mol. The first kappa shape index (κ1) is 24.5. The van der Waals surface area contributed by atoms with E-state index < -0.39 is 0 Å². The molecule has 0 aliphatic heterocycles. The van der Waals surface area contributed by atoms with Crippen LogP contribution in [0.3, 0.4) is 0 Å². The van der Waals surface area contributed by atoms with Crippen molar-refractivity contribution in [3.05, 3.63) is 108 Å². The SMILES string of the molecule is C=CCN(CC=C)c1cc(Cl)nc(SCc2cccc(C(=O)NCc3ccc(F)cc3)c2)n1. The summed E-state index contributed by atoms with van der Waals surface area (Å²) < 4.78 is 13.0. The summed E-state index contributed by atoms with van der Waals surface area (Å²) in [6, 6.07) is 15.1. The number of anilines is 1. The Morgan fingerprint density at radius 2 is 1.79 bits per heavy atom. The number of aromatic nitrogens is 2. The third-order valence-corrected chi connectivity index (χ3v) is 5.72. The molecule has 0 radical (unpaired) electrons. The van der Waals surface area contributed by atoms with E-state index in [-0.39, 0.29) is 11.7 Å². The van der Waals surface area contributed by atoms with Gasteiger partial charge in [-0.25, -0.2) is 14.4 Å². The second-order valence-electron chi connectivity index (χ2n) is 7.11. The van der Waals surface area contributed by atoms with E-state index in [2.05, 4.69) is 28.4 Å². The van der Waals surface area contributed by atoms with Gasteiger partial charge in [-0.05, 0) is 35.4 Å². The van der Waals surface area contributed by atoms with Gasteiger partial charge in [-0.2, -0.15) is 0 Å². The molecule has 5 nitrogen and oxygen atoms in total. The number of carbonyl (C=O) groups is 1.